The van der Waals surface area contributed by atoms with E-state index in [0.717, 1.165) is 5.56 Å². The largest absolute Gasteiger partial charge is 0.337 e. The fourth-order valence-corrected chi connectivity index (χ4v) is 3.03. The second kappa shape index (κ2) is 9.68. The Morgan fingerprint density at radius 1 is 1.29 bits per heavy atom. The highest BCUT2D eigenvalue weighted by molar-refractivity contribution is 7.99. The number of benzene rings is 1. The number of nitriles is 1. The number of halogens is 1. The Balaban J connectivity index is 1.90. The molecule has 24 heavy (non-hydrogen) atoms. The van der Waals surface area contributed by atoms with Crippen LogP contribution in [-0.2, 0) is 11.3 Å². The van der Waals surface area contributed by atoms with Crippen molar-refractivity contribution < 1.29 is 9.18 Å². The van der Waals surface area contributed by atoms with Gasteiger partial charge in [-0.25, -0.2) is 4.39 Å². The molecule has 0 unspecified atom stereocenters. The number of carbonyl (C=O) groups is 1. The van der Waals surface area contributed by atoms with Crippen molar-refractivity contribution >= 4 is 17.7 Å². The minimum atomic E-state index is -0.272. The Morgan fingerprint density at radius 3 is 2.83 bits per heavy atom. The molecule has 0 bridgehead atoms. The molecule has 1 amide bonds. The molecule has 0 spiro atoms. The molecule has 0 N–H and O–H groups in total. The molecule has 1 aromatic heterocycles. The molecule has 1 heterocycles. The number of rotatable bonds is 8. The number of hydrogen-bond donors (Lipinski definition) is 0. The highest BCUT2D eigenvalue weighted by atomic mass is 32.2. The molecule has 0 radical (unpaired) electrons. The summed E-state index contributed by atoms with van der Waals surface area (Å²) in [6.07, 6.45) is 3.97. The summed E-state index contributed by atoms with van der Waals surface area (Å²) >= 11 is 1.32. The van der Waals surface area contributed by atoms with Crippen LogP contribution in [0.2, 0.25) is 0 Å². The quantitative estimate of drug-likeness (QED) is 0.687. The molecule has 0 aliphatic rings. The van der Waals surface area contributed by atoms with Crippen LogP contribution < -0.4 is 0 Å². The van der Waals surface area contributed by atoms with Crippen molar-refractivity contribution in [2.24, 2.45) is 0 Å². The number of amides is 1. The molecule has 124 valence electrons. The molecule has 0 atom stereocenters. The first kappa shape index (κ1) is 18.0. The summed E-state index contributed by atoms with van der Waals surface area (Å²) in [5.41, 5.74) is 0.922. The molecule has 0 fully saturated rings. The summed E-state index contributed by atoms with van der Waals surface area (Å²) < 4.78 is 13.6. The third-order valence-electron chi connectivity index (χ3n) is 3.35. The van der Waals surface area contributed by atoms with Gasteiger partial charge in [-0.05, 0) is 23.8 Å². The van der Waals surface area contributed by atoms with E-state index in [-0.39, 0.29) is 18.1 Å². The van der Waals surface area contributed by atoms with E-state index in [1.807, 2.05) is 12.1 Å². The average Bonchev–Trinajstić information content (AvgIpc) is 2.61. The summed E-state index contributed by atoms with van der Waals surface area (Å²) in [5.74, 6) is 0.181. The molecule has 0 saturated carbocycles. The van der Waals surface area contributed by atoms with Crippen LogP contribution in [0.1, 0.15) is 18.4 Å². The Hall–Kier alpha value is -2.39. The second-order valence-electron chi connectivity index (χ2n) is 5.11. The topological polar surface area (TPSA) is 57.0 Å². The van der Waals surface area contributed by atoms with Crippen molar-refractivity contribution in [1.82, 2.24) is 9.88 Å². The van der Waals surface area contributed by atoms with Gasteiger partial charge >= 0.3 is 0 Å². The van der Waals surface area contributed by atoms with E-state index in [9.17, 15) is 9.18 Å². The lowest BCUT2D eigenvalue weighted by molar-refractivity contribution is -0.131. The molecular formula is C18H18FN3OS. The second-order valence-corrected chi connectivity index (χ2v) is 6.25. The van der Waals surface area contributed by atoms with Crippen LogP contribution in [0.25, 0.3) is 0 Å². The van der Waals surface area contributed by atoms with Crippen LogP contribution in [0.3, 0.4) is 0 Å². The van der Waals surface area contributed by atoms with Crippen LogP contribution in [0.5, 0.6) is 0 Å². The van der Waals surface area contributed by atoms with Gasteiger partial charge in [0.1, 0.15) is 5.82 Å². The number of pyridine rings is 1. The third kappa shape index (κ3) is 5.67. The maximum Gasteiger partial charge on any atom is 0.223 e. The van der Waals surface area contributed by atoms with Crippen LogP contribution in [0, 0.1) is 17.1 Å². The summed E-state index contributed by atoms with van der Waals surface area (Å²) in [5, 5.41) is 8.77. The van der Waals surface area contributed by atoms with Gasteiger partial charge in [0.05, 0.1) is 12.5 Å². The van der Waals surface area contributed by atoms with E-state index in [1.165, 1.54) is 17.8 Å². The van der Waals surface area contributed by atoms with E-state index in [2.05, 4.69) is 11.1 Å². The molecule has 1 aromatic carbocycles. The van der Waals surface area contributed by atoms with E-state index in [4.69, 9.17) is 5.26 Å². The molecule has 6 heteroatoms. The van der Waals surface area contributed by atoms with Gasteiger partial charge in [0.25, 0.3) is 0 Å². The van der Waals surface area contributed by atoms with Gasteiger partial charge in [0.2, 0.25) is 5.91 Å². The monoisotopic (exact) mass is 343 g/mol. The van der Waals surface area contributed by atoms with Gasteiger partial charge in [-0.3, -0.25) is 9.78 Å². The molecule has 4 nitrogen and oxygen atoms in total. The fraction of sp³-hybridized carbons (Fsp3) is 0.278. The normalized spacial score (nSPS) is 10.2. The van der Waals surface area contributed by atoms with Gasteiger partial charge in [-0.1, -0.05) is 18.2 Å². The summed E-state index contributed by atoms with van der Waals surface area (Å²) in [7, 11) is 0. The van der Waals surface area contributed by atoms with Gasteiger partial charge in [0.15, 0.2) is 0 Å². The number of thioether (sulfide) groups is 1. The van der Waals surface area contributed by atoms with Crippen molar-refractivity contribution in [2.75, 3.05) is 12.3 Å². The first-order chi connectivity index (χ1) is 11.7. The third-order valence-corrected chi connectivity index (χ3v) is 4.40. The van der Waals surface area contributed by atoms with Crippen LogP contribution in [-0.4, -0.2) is 28.1 Å². The maximum atomic E-state index is 13.6. The van der Waals surface area contributed by atoms with Crippen molar-refractivity contribution in [3.05, 3.63) is 60.2 Å². The van der Waals surface area contributed by atoms with Crippen molar-refractivity contribution in [3.8, 4) is 6.07 Å². The van der Waals surface area contributed by atoms with Gasteiger partial charge < -0.3 is 4.90 Å². The summed E-state index contributed by atoms with van der Waals surface area (Å²) in [6, 6.07) is 12.3. The lowest BCUT2D eigenvalue weighted by Gasteiger charge is -2.21. The van der Waals surface area contributed by atoms with Crippen molar-refractivity contribution in [3.63, 3.8) is 0 Å². The van der Waals surface area contributed by atoms with Gasteiger partial charge in [0, 0.05) is 42.6 Å². The van der Waals surface area contributed by atoms with Crippen molar-refractivity contribution in [1.29, 1.82) is 5.26 Å². The van der Waals surface area contributed by atoms with E-state index >= 15 is 0 Å². The van der Waals surface area contributed by atoms with Gasteiger partial charge in [-0.2, -0.15) is 5.26 Å². The highest BCUT2D eigenvalue weighted by Crippen LogP contribution is 2.22. The average molecular weight is 343 g/mol. The molecule has 2 aromatic rings. The summed E-state index contributed by atoms with van der Waals surface area (Å²) in [6.45, 7) is 0.813. The zero-order valence-electron chi connectivity index (χ0n) is 13.2. The number of aromatic nitrogens is 1. The first-order valence-electron chi connectivity index (χ1n) is 7.61. The Kier molecular flexibility index (Phi) is 7.24. The predicted octanol–water partition coefficient (Wildman–Crippen LogP) is 3.65. The van der Waals surface area contributed by atoms with Crippen LogP contribution in [0.4, 0.5) is 4.39 Å². The van der Waals surface area contributed by atoms with Crippen LogP contribution >= 0.6 is 11.8 Å². The maximum absolute atomic E-state index is 13.6. The summed E-state index contributed by atoms with van der Waals surface area (Å²) in [4.78, 5) is 18.7. The lowest BCUT2D eigenvalue weighted by Crippen LogP contribution is -2.31. The molecule has 0 aliphatic heterocycles. The fourth-order valence-electron chi connectivity index (χ4n) is 2.16. The Morgan fingerprint density at radius 2 is 2.12 bits per heavy atom. The lowest BCUT2D eigenvalue weighted by atomic mass is 10.2. The zero-order chi connectivity index (χ0) is 17.2. The van der Waals surface area contributed by atoms with Gasteiger partial charge in [-0.15, -0.1) is 11.8 Å². The molecule has 0 saturated heterocycles. The standard InChI is InChI=1S/C18H18FN3OS/c19-16-6-1-2-7-17(16)24-12-8-18(23)22(11-4-9-20)14-15-5-3-10-21-13-15/h1-3,5-7,10,13H,4,8,11-12,14H2. The van der Waals surface area contributed by atoms with E-state index < -0.39 is 0 Å². The SMILES string of the molecule is N#CCCN(Cc1cccnc1)C(=O)CCSc1ccccc1F. The van der Waals surface area contributed by atoms with Crippen molar-refractivity contribution in [2.45, 2.75) is 24.3 Å². The van der Waals surface area contributed by atoms with Crippen LogP contribution in [0.15, 0.2) is 53.7 Å². The minimum absolute atomic E-state index is 0.0436. The first-order valence-corrected chi connectivity index (χ1v) is 8.60. The predicted molar refractivity (Wildman–Crippen MR) is 91.6 cm³/mol. The Bertz CT molecular complexity index is 703. The number of hydrogen-bond acceptors (Lipinski definition) is 4. The minimum Gasteiger partial charge on any atom is -0.337 e. The molecule has 0 aliphatic carbocycles. The number of nitrogens with zero attached hydrogens (tertiary/aromatic N) is 3. The van der Waals surface area contributed by atoms with E-state index in [1.54, 1.807) is 35.5 Å². The number of carbonyl (C=O) groups excluding carboxylic acids is 1. The van der Waals surface area contributed by atoms with E-state index in [0.29, 0.717) is 30.2 Å². The molecule has 2 rings (SSSR count). The zero-order valence-corrected chi connectivity index (χ0v) is 14.0. The smallest absolute Gasteiger partial charge is 0.223 e. The Labute approximate surface area is 145 Å². The molecular weight excluding hydrogens is 325 g/mol. The highest BCUT2D eigenvalue weighted by Gasteiger charge is 2.14.